The summed E-state index contributed by atoms with van der Waals surface area (Å²) in [4.78, 5) is 15.2. The van der Waals surface area contributed by atoms with Crippen molar-refractivity contribution in [2.24, 2.45) is 0 Å². The second-order valence-electron chi connectivity index (χ2n) is 11.6. The van der Waals surface area contributed by atoms with Crippen LogP contribution in [0.15, 0.2) is 168 Å². The molecule has 0 fully saturated rings. The van der Waals surface area contributed by atoms with Crippen LogP contribution in [0.1, 0.15) is 0 Å². The Hall–Kier alpha value is -6.39. The van der Waals surface area contributed by atoms with Gasteiger partial charge >= 0.3 is 0 Å². The van der Waals surface area contributed by atoms with Gasteiger partial charge in [0.05, 0.1) is 0 Å². The van der Waals surface area contributed by atoms with Gasteiger partial charge in [-0.3, -0.25) is 0 Å². The minimum atomic E-state index is 0.604. The predicted octanol–water partition coefficient (Wildman–Crippen LogP) is 11.3. The maximum absolute atomic E-state index is 6.40. The molecule has 220 valence electrons. The lowest BCUT2D eigenvalue weighted by Gasteiger charge is -2.11. The standard InChI is InChI=1S/C43H27N3O/c1-3-11-28(12-4-1)29-21-23-30(24-22-29)33-25-26-38-37(27-33)40-36(19-10-20-39(40)47-38)43-45-41(32-14-5-2-6-15-32)44-42(46-43)35-18-9-16-31-13-7-8-17-34(31)35/h1-27H. The Kier molecular flexibility index (Phi) is 6.43. The largest absolute Gasteiger partial charge is 0.456 e. The van der Waals surface area contributed by atoms with Crippen molar-refractivity contribution in [1.82, 2.24) is 15.0 Å². The van der Waals surface area contributed by atoms with E-state index < -0.39 is 0 Å². The summed E-state index contributed by atoms with van der Waals surface area (Å²) in [5.41, 5.74) is 9.07. The number of aromatic nitrogens is 3. The molecule has 0 saturated carbocycles. The zero-order valence-corrected chi connectivity index (χ0v) is 25.3. The molecule has 0 spiro atoms. The van der Waals surface area contributed by atoms with Gasteiger partial charge in [-0.25, -0.2) is 15.0 Å². The summed E-state index contributed by atoms with van der Waals surface area (Å²) in [5, 5.41) is 4.24. The zero-order valence-electron chi connectivity index (χ0n) is 25.3. The maximum Gasteiger partial charge on any atom is 0.164 e. The molecule has 4 heteroatoms. The summed E-state index contributed by atoms with van der Waals surface area (Å²) in [6, 6.07) is 56.4. The van der Waals surface area contributed by atoms with E-state index in [2.05, 4.69) is 115 Å². The van der Waals surface area contributed by atoms with Crippen molar-refractivity contribution in [1.29, 1.82) is 0 Å². The van der Waals surface area contributed by atoms with Crippen molar-refractivity contribution >= 4 is 32.7 Å². The van der Waals surface area contributed by atoms with Crippen LogP contribution in [0, 0.1) is 0 Å². The molecule has 4 nitrogen and oxygen atoms in total. The lowest BCUT2D eigenvalue weighted by molar-refractivity contribution is 0.669. The van der Waals surface area contributed by atoms with Gasteiger partial charge in [0.2, 0.25) is 0 Å². The third-order valence-electron chi connectivity index (χ3n) is 8.76. The zero-order chi connectivity index (χ0) is 31.2. The van der Waals surface area contributed by atoms with Crippen molar-refractivity contribution in [3.63, 3.8) is 0 Å². The fourth-order valence-electron chi connectivity index (χ4n) is 6.43. The summed E-state index contributed by atoms with van der Waals surface area (Å²) in [6.45, 7) is 0. The van der Waals surface area contributed by atoms with Crippen molar-refractivity contribution < 1.29 is 4.42 Å². The fourth-order valence-corrected chi connectivity index (χ4v) is 6.43. The first-order valence-electron chi connectivity index (χ1n) is 15.7. The SMILES string of the molecule is c1ccc(-c2ccc(-c3ccc4oc5cccc(-c6nc(-c7ccccc7)nc(-c7cccc8ccccc78)n6)c5c4c3)cc2)cc1. The van der Waals surface area contributed by atoms with Crippen LogP contribution in [-0.4, -0.2) is 15.0 Å². The van der Waals surface area contributed by atoms with Crippen LogP contribution < -0.4 is 0 Å². The molecule has 0 aliphatic rings. The highest BCUT2D eigenvalue weighted by Crippen LogP contribution is 2.39. The van der Waals surface area contributed by atoms with Gasteiger partial charge < -0.3 is 4.42 Å². The summed E-state index contributed by atoms with van der Waals surface area (Å²) in [5.74, 6) is 1.87. The molecule has 47 heavy (non-hydrogen) atoms. The molecule has 0 aliphatic heterocycles. The van der Waals surface area contributed by atoms with Crippen LogP contribution in [0.2, 0.25) is 0 Å². The highest BCUT2D eigenvalue weighted by Gasteiger charge is 2.19. The van der Waals surface area contributed by atoms with Crippen molar-refractivity contribution in [2.75, 3.05) is 0 Å². The van der Waals surface area contributed by atoms with E-state index in [1.54, 1.807) is 0 Å². The molecule has 0 N–H and O–H groups in total. The number of fused-ring (bicyclic) bond motifs is 4. The van der Waals surface area contributed by atoms with Gasteiger partial charge in [-0.2, -0.15) is 0 Å². The highest BCUT2D eigenvalue weighted by atomic mass is 16.3. The van der Waals surface area contributed by atoms with E-state index in [0.29, 0.717) is 17.5 Å². The average molecular weight is 602 g/mol. The van der Waals surface area contributed by atoms with Gasteiger partial charge in [0.1, 0.15) is 11.2 Å². The molecule has 0 radical (unpaired) electrons. The van der Waals surface area contributed by atoms with E-state index in [0.717, 1.165) is 60.5 Å². The van der Waals surface area contributed by atoms with Gasteiger partial charge in [0.25, 0.3) is 0 Å². The number of nitrogens with zero attached hydrogens (tertiary/aromatic N) is 3. The van der Waals surface area contributed by atoms with Crippen LogP contribution in [0.25, 0.3) is 89.1 Å². The molecule has 7 aromatic carbocycles. The highest BCUT2D eigenvalue weighted by molar-refractivity contribution is 6.13. The Bertz CT molecular complexity index is 2550. The second kappa shape index (κ2) is 11.2. The maximum atomic E-state index is 6.40. The van der Waals surface area contributed by atoms with Crippen molar-refractivity contribution in [3.05, 3.63) is 164 Å². The summed E-state index contributed by atoms with van der Waals surface area (Å²) in [6.07, 6.45) is 0. The van der Waals surface area contributed by atoms with Crippen LogP contribution in [0.3, 0.4) is 0 Å². The molecule has 2 aromatic heterocycles. The minimum Gasteiger partial charge on any atom is -0.456 e. The van der Waals surface area contributed by atoms with E-state index in [-0.39, 0.29) is 0 Å². The molecule has 9 rings (SSSR count). The Morgan fingerprint density at radius 2 is 0.894 bits per heavy atom. The summed E-state index contributed by atoms with van der Waals surface area (Å²) in [7, 11) is 0. The van der Waals surface area contributed by atoms with Crippen LogP contribution in [0.5, 0.6) is 0 Å². The topological polar surface area (TPSA) is 51.8 Å². The summed E-state index contributed by atoms with van der Waals surface area (Å²) >= 11 is 0. The Morgan fingerprint density at radius 3 is 1.68 bits per heavy atom. The Balaban J connectivity index is 1.23. The molecule has 0 unspecified atom stereocenters. The fraction of sp³-hybridized carbons (Fsp3) is 0. The normalized spacial score (nSPS) is 11.4. The van der Waals surface area contributed by atoms with Gasteiger partial charge in [-0.1, -0.05) is 146 Å². The molecular formula is C43H27N3O. The van der Waals surface area contributed by atoms with Gasteiger partial charge in [-0.05, 0) is 51.2 Å². The molecule has 0 bridgehead atoms. The van der Waals surface area contributed by atoms with Crippen LogP contribution >= 0.6 is 0 Å². The molecule has 0 amide bonds. The third kappa shape index (κ3) is 4.84. The molecule has 0 saturated heterocycles. The Labute approximate surface area is 271 Å². The van der Waals surface area contributed by atoms with E-state index in [9.17, 15) is 0 Å². The minimum absolute atomic E-state index is 0.604. The van der Waals surface area contributed by atoms with E-state index in [4.69, 9.17) is 19.4 Å². The quantitative estimate of drug-likeness (QED) is 0.197. The number of hydrogen-bond acceptors (Lipinski definition) is 4. The van der Waals surface area contributed by atoms with E-state index in [1.165, 1.54) is 11.1 Å². The van der Waals surface area contributed by atoms with Crippen molar-refractivity contribution in [2.45, 2.75) is 0 Å². The Morgan fingerprint density at radius 1 is 0.340 bits per heavy atom. The van der Waals surface area contributed by atoms with Gasteiger partial charge in [-0.15, -0.1) is 0 Å². The smallest absolute Gasteiger partial charge is 0.164 e. The number of hydrogen-bond donors (Lipinski definition) is 0. The van der Waals surface area contributed by atoms with Gasteiger partial charge in [0, 0.05) is 27.5 Å². The lowest BCUT2D eigenvalue weighted by atomic mass is 9.98. The predicted molar refractivity (Wildman–Crippen MR) is 192 cm³/mol. The van der Waals surface area contributed by atoms with E-state index in [1.807, 2.05) is 48.5 Å². The first-order valence-corrected chi connectivity index (χ1v) is 15.7. The lowest BCUT2D eigenvalue weighted by Crippen LogP contribution is -2.00. The van der Waals surface area contributed by atoms with Crippen LogP contribution in [0.4, 0.5) is 0 Å². The molecule has 9 aromatic rings. The first kappa shape index (κ1) is 27.0. The third-order valence-corrected chi connectivity index (χ3v) is 8.76. The number of benzene rings is 7. The molecular weight excluding hydrogens is 574 g/mol. The second-order valence-corrected chi connectivity index (χ2v) is 11.6. The number of rotatable bonds is 5. The van der Waals surface area contributed by atoms with E-state index >= 15 is 0 Å². The van der Waals surface area contributed by atoms with Crippen molar-refractivity contribution in [3.8, 4) is 56.4 Å². The summed E-state index contributed by atoms with van der Waals surface area (Å²) < 4.78 is 6.40. The first-order chi connectivity index (χ1) is 23.3. The average Bonchev–Trinajstić information content (AvgIpc) is 3.53. The van der Waals surface area contributed by atoms with Gasteiger partial charge in [0.15, 0.2) is 17.5 Å². The molecule has 0 aliphatic carbocycles. The van der Waals surface area contributed by atoms with Crippen LogP contribution in [-0.2, 0) is 0 Å². The molecule has 2 heterocycles. The monoisotopic (exact) mass is 601 g/mol. The number of furan rings is 1. The molecule has 0 atom stereocenters.